The molecule has 0 heterocycles. The van der Waals surface area contributed by atoms with E-state index in [4.69, 9.17) is 5.73 Å². The first-order valence-electron chi connectivity index (χ1n) is 6.33. The molecule has 3 nitrogen and oxygen atoms in total. The topological polar surface area (TPSA) is 55.1 Å². The molecule has 2 rings (SSSR count). The van der Waals surface area contributed by atoms with Crippen molar-refractivity contribution in [2.75, 3.05) is 0 Å². The van der Waals surface area contributed by atoms with E-state index in [1.165, 1.54) is 11.1 Å². The van der Waals surface area contributed by atoms with E-state index in [1.54, 1.807) is 0 Å². The van der Waals surface area contributed by atoms with Gasteiger partial charge in [-0.2, -0.15) is 0 Å². The molecule has 0 radical (unpaired) electrons. The number of rotatable bonds is 3. The number of nitrogens with one attached hydrogen (secondary N) is 1. The van der Waals surface area contributed by atoms with E-state index in [0.29, 0.717) is 6.42 Å². The van der Waals surface area contributed by atoms with Crippen LogP contribution in [0.5, 0.6) is 0 Å². The van der Waals surface area contributed by atoms with Crippen LogP contribution in [0.2, 0.25) is 0 Å². The summed E-state index contributed by atoms with van der Waals surface area (Å²) in [6.45, 7) is 1.93. The zero-order valence-electron chi connectivity index (χ0n) is 10.3. The Morgan fingerprint density at radius 2 is 2.18 bits per heavy atom. The van der Waals surface area contributed by atoms with E-state index in [0.717, 1.165) is 19.3 Å². The van der Waals surface area contributed by atoms with Crippen LogP contribution in [0.1, 0.15) is 30.9 Å². The number of carbonyl (C=O) groups excluding carboxylic acids is 1. The molecule has 17 heavy (non-hydrogen) atoms. The van der Waals surface area contributed by atoms with Crippen molar-refractivity contribution in [2.24, 2.45) is 5.73 Å². The van der Waals surface area contributed by atoms with Gasteiger partial charge >= 0.3 is 0 Å². The predicted molar refractivity (Wildman–Crippen MR) is 68.7 cm³/mol. The Kier molecular flexibility index (Phi) is 3.79. The molecule has 0 aliphatic heterocycles. The van der Waals surface area contributed by atoms with Crippen LogP contribution in [0.4, 0.5) is 0 Å². The normalized spacial score (nSPS) is 20.5. The number of aryl methyl sites for hydroxylation is 1. The van der Waals surface area contributed by atoms with Crippen molar-refractivity contribution < 1.29 is 4.79 Å². The van der Waals surface area contributed by atoms with Gasteiger partial charge in [0.2, 0.25) is 5.91 Å². The van der Waals surface area contributed by atoms with Gasteiger partial charge in [0.15, 0.2) is 0 Å². The Labute approximate surface area is 102 Å². The number of fused-ring (bicyclic) bond motifs is 1. The molecule has 0 fully saturated rings. The second-order valence-electron chi connectivity index (χ2n) is 4.73. The van der Waals surface area contributed by atoms with Crippen LogP contribution in [-0.2, 0) is 17.6 Å². The van der Waals surface area contributed by atoms with Crippen LogP contribution in [0.15, 0.2) is 24.3 Å². The van der Waals surface area contributed by atoms with Gasteiger partial charge in [-0.1, -0.05) is 31.2 Å². The lowest BCUT2D eigenvalue weighted by atomic mass is 9.88. The highest BCUT2D eigenvalue weighted by Gasteiger charge is 2.21. The van der Waals surface area contributed by atoms with Crippen LogP contribution >= 0.6 is 0 Å². The monoisotopic (exact) mass is 232 g/mol. The maximum absolute atomic E-state index is 11.7. The Morgan fingerprint density at radius 3 is 2.88 bits per heavy atom. The molecule has 1 aliphatic carbocycles. The van der Waals surface area contributed by atoms with Crippen molar-refractivity contribution in [1.82, 2.24) is 5.32 Å². The van der Waals surface area contributed by atoms with Gasteiger partial charge in [0.05, 0.1) is 6.04 Å². The van der Waals surface area contributed by atoms with Gasteiger partial charge in [-0.15, -0.1) is 0 Å². The molecule has 0 aromatic heterocycles. The standard InChI is InChI=1S/C14H20N2O/c1-2-13(15)14(17)16-12-8-7-10-5-3-4-6-11(10)9-12/h3-6,12-13H,2,7-9,15H2,1H3,(H,16,17)/t12?,13-/m1/s1. The van der Waals surface area contributed by atoms with Crippen molar-refractivity contribution in [3.63, 3.8) is 0 Å². The van der Waals surface area contributed by atoms with Crippen molar-refractivity contribution in [1.29, 1.82) is 0 Å². The van der Waals surface area contributed by atoms with Crippen molar-refractivity contribution in [3.8, 4) is 0 Å². The van der Waals surface area contributed by atoms with Crippen LogP contribution in [-0.4, -0.2) is 18.0 Å². The smallest absolute Gasteiger partial charge is 0.237 e. The Bertz CT molecular complexity index is 403. The van der Waals surface area contributed by atoms with Crippen LogP contribution in [0, 0.1) is 0 Å². The lowest BCUT2D eigenvalue weighted by Gasteiger charge is -2.26. The highest BCUT2D eigenvalue weighted by Crippen LogP contribution is 2.20. The van der Waals surface area contributed by atoms with E-state index in [2.05, 4.69) is 29.6 Å². The fourth-order valence-electron chi connectivity index (χ4n) is 2.31. The molecular weight excluding hydrogens is 212 g/mol. The number of benzene rings is 1. The van der Waals surface area contributed by atoms with Crippen molar-refractivity contribution in [3.05, 3.63) is 35.4 Å². The third kappa shape index (κ3) is 2.86. The van der Waals surface area contributed by atoms with Gasteiger partial charge in [-0.05, 0) is 36.8 Å². The minimum absolute atomic E-state index is 0.0168. The molecule has 1 aliphatic rings. The summed E-state index contributed by atoms with van der Waals surface area (Å²) in [4.78, 5) is 11.7. The molecule has 1 aromatic carbocycles. The van der Waals surface area contributed by atoms with Crippen molar-refractivity contribution >= 4 is 5.91 Å². The molecule has 0 saturated carbocycles. The molecule has 1 amide bonds. The minimum Gasteiger partial charge on any atom is -0.352 e. The highest BCUT2D eigenvalue weighted by atomic mass is 16.2. The number of nitrogens with two attached hydrogens (primary N) is 1. The summed E-state index contributed by atoms with van der Waals surface area (Å²) >= 11 is 0. The average molecular weight is 232 g/mol. The molecule has 3 heteroatoms. The fraction of sp³-hybridized carbons (Fsp3) is 0.500. The van der Waals surface area contributed by atoms with E-state index in [9.17, 15) is 4.79 Å². The third-order valence-corrected chi connectivity index (χ3v) is 3.47. The maximum atomic E-state index is 11.7. The number of hydrogen-bond donors (Lipinski definition) is 2. The van der Waals surface area contributed by atoms with Gasteiger partial charge in [0.1, 0.15) is 0 Å². The quantitative estimate of drug-likeness (QED) is 0.827. The van der Waals surface area contributed by atoms with Gasteiger partial charge in [0, 0.05) is 6.04 Å². The molecule has 0 spiro atoms. The number of carbonyl (C=O) groups is 1. The lowest BCUT2D eigenvalue weighted by Crippen LogP contribution is -2.46. The Morgan fingerprint density at radius 1 is 1.47 bits per heavy atom. The Hall–Kier alpha value is -1.35. The molecule has 0 saturated heterocycles. The second kappa shape index (κ2) is 5.32. The lowest BCUT2D eigenvalue weighted by molar-refractivity contribution is -0.123. The molecule has 1 unspecified atom stereocenters. The van der Waals surface area contributed by atoms with Gasteiger partial charge < -0.3 is 11.1 Å². The number of amides is 1. The number of hydrogen-bond acceptors (Lipinski definition) is 2. The molecule has 0 bridgehead atoms. The largest absolute Gasteiger partial charge is 0.352 e. The van der Waals surface area contributed by atoms with Crippen molar-refractivity contribution in [2.45, 2.75) is 44.7 Å². The molecule has 92 valence electrons. The summed E-state index contributed by atoms with van der Waals surface area (Å²) in [5.41, 5.74) is 8.49. The summed E-state index contributed by atoms with van der Waals surface area (Å²) in [6.07, 6.45) is 3.68. The van der Waals surface area contributed by atoms with Gasteiger partial charge in [-0.25, -0.2) is 0 Å². The van der Waals surface area contributed by atoms with Crippen LogP contribution in [0.3, 0.4) is 0 Å². The SMILES string of the molecule is CC[C@@H](N)C(=O)NC1CCc2ccccc2C1. The average Bonchev–Trinajstić information content (AvgIpc) is 2.37. The first kappa shape index (κ1) is 12.1. The maximum Gasteiger partial charge on any atom is 0.237 e. The summed E-state index contributed by atoms with van der Waals surface area (Å²) in [5, 5.41) is 3.05. The first-order chi connectivity index (χ1) is 8.20. The third-order valence-electron chi connectivity index (χ3n) is 3.47. The van der Waals surface area contributed by atoms with E-state index in [1.807, 2.05) is 6.92 Å². The summed E-state index contributed by atoms with van der Waals surface area (Å²) < 4.78 is 0. The molecule has 2 atom stereocenters. The molecule has 1 aromatic rings. The summed E-state index contributed by atoms with van der Waals surface area (Å²) in [7, 11) is 0. The molecular formula is C14H20N2O. The fourth-order valence-corrected chi connectivity index (χ4v) is 2.31. The Balaban J connectivity index is 1.96. The zero-order chi connectivity index (χ0) is 12.3. The zero-order valence-corrected chi connectivity index (χ0v) is 10.3. The second-order valence-corrected chi connectivity index (χ2v) is 4.73. The van der Waals surface area contributed by atoms with Gasteiger partial charge in [0.25, 0.3) is 0 Å². The van der Waals surface area contributed by atoms with E-state index < -0.39 is 0 Å². The van der Waals surface area contributed by atoms with Crippen LogP contribution < -0.4 is 11.1 Å². The summed E-state index contributed by atoms with van der Waals surface area (Å²) in [5.74, 6) is -0.0168. The van der Waals surface area contributed by atoms with Crippen LogP contribution in [0.25, 0.3) is 0 Å². The highest BCUT2D eigenvalue weighted by molar-refractivity contribution is 5.81. The first-order valence-corrected chi connectivity index (χ1v) is 6.33. The van der Waals surface area contributed by atoms with E-state index >= 15 is 0 Å². The molecule has 3 N–H and O–H groups in total. The van der Waals surface area contributed by atoms with Gasteiger partial charge in [-0.3, -0.25) is 4.79 Å². The minimum atomic E-state index is -0.368. The summed E-state index contributed by atoms with van der Waals surface area (Å²) in [6, 6.07) is 8.33. The van der Waals surface area contributed by atoms with E-state index in [-0.39, 0.29) is 18.0 Å². The predicted octanol–water partition coefficient (Wildman–Crippen LogP) is 1.40.